The third-order valence-electron chi connectivity index (χ3n) is 4.27. The number of nitrogens with one attached hydrogen (secondary N) is 1. The molecule has 162 valence electrons. The predicted octanol–water partition coefficient (Wildman–Crippen LogP) is 2.30. The predicted molar refractivity (Wildman–Crippen MR) is 118 cm³/mol. The van der Waals surface area contributed by atoms with Crippen LogP contribution in [0, 0.1) is 0 Å². The molecule has 3 N–H and O–H groups in total. The van der Waals surface area contributed by atoms with Gasteiger partial charge in [-0.15, -0.1) is 16.9 Å². The maximum absolute atomic E-state index is 12.8. The lowest BCUT2D eigenvalue weighted by Gasteiger charge is -2.05. The zero-order valence-electron chi connectivity index (χ0n) is 16.9. The number of nitrogen functional groups attached to an aromatic ring is 1. The Morgan fingerprint density at radius 1 is 1.25 bits per heavy atom. The van der Waals surface area contributed by atoms with Gasteiger partial charge in [-0.25, -0.2) is 10.1 Å². The molecular formula is C20H18N8O3S. The van der Waals surface area contributed by atoms with Gasteiger partial charge in [-0.3, -0.25) is 4.79 Å². The van der Waals surface area contributed by atoms with Crippen molar-refractivity contribution in [3.63, 3.8) is 0 Å². The first-order valence-electron chi connectivity index (χ1n) is 9.34. The van der Waals surface area contributed by atoms with Crippen LogP contribution in [0.3, 0.4) is 0 Å². The summed E-state index contributed by atoms with van der Waals surface area (Å²) in [6.45, 7) is 0. The van der Waals surface area contributed by atoms with Gasteiger partial charge in [0.05, 0.1) is 19.0 Å². The van der Waals surface area contributed by atoms with E-state index in [9.17, 15) is 4.79 Å². The smallest absolute Gasteiger partial charge is 0.293 e. The van der Waals surface area contributed by atoms with Crippen LogP contribution in [0.2, 0.25) is 0 Å². The van der Waals surface area contributed by atoms with Gasteiger partial charge < -0.3 is 10.5 Å². The van der Waals surface area contributed by atoms with Crippen molar-refractivity contribution in [2.45, 2.75) is 10.6 Å². The summed E-state index contributed by atoms with van der Waals surface area (Å²) in [5.74, 6) is 0.700. The number of aromatic nitrogens is 5. The van der Waals surface area contributed by atoms with Gasteiger partial charge in [-0.2, -0.15) is 9.78 Å². The largest absolute Gasteiger partial charge is 0.497 e. The number of hydrazone groups is 1. The fraction of sp³-hybridized carbons (Fsp3) is 0.100. The molecule has 11 nitrogen and oxygen atoms in total. The van der Waals surface area contributed by atoms with E-state index >= 15 is 0 Å². The van der Waals surface area contributed by atoms with E-state index in [0.29, 0.717) is 17.2 Å². The van der Waals surface area contributed by atoms with Crippen molar-refractivity contribution >= 4 is 29.7 Å². The molecule has 1 amide bonds. The van der Waals surface area contributed by atoms with Gasteiger partial charge in [0.2, 0.25) is 11.6 Å². The summed E-state index contributed by atoms with van der Waals surface area (Å²) in [4.78, 5) is 13.8. The number of hydrogen-bond acceptors (Lipinski definition) is 10. The van der Waals surface area contributed by atoms with Crippen molar-refractivity contribution in [3.05, 3.63) is 71.5 Å². The molecule has 2 aromatic heterocycles. The molecule has 0 aliphatic rings. The number of rotatable bonds is 8. The molecule has 2 heterocycles. The average molecular weight is 450 g/mol. The van der Waals surface area contributed by atoms with Crippen LogP contribution in [0.1, 0.15) is 21.7 Å². The van der Waals surface area contributed by atoms with Crippen molar-refractivity contribution in [2.75, 3.05) is 12.8 Å². The Bertz CT molecular complexity index is 1240. The molecule has 0 unspecified atom stereocenters. The fourth-order valence-electron chi connectivity index (χ4n) is 2.72. The van der Waals surface area contributed by atoms with Crippen LogP contribution in [0.15, 0.2) is 69.2 Å². The van der Waals surface area contributed by atoms with Gasteiger partial charge >= 0.3 is 0 Å². The number of methoxy groups -OCH3 is 1. The molecule has 0 aliphatic heterocycles. The van der Waals surface area contributed by atoms with Crippen LogP contribution in [-0.4, -0.2) is 44.5 Å². The Morgan fingerprint density at radius 2 is 2.09 bits per heavy atom. The Balaban J connectivity index is 1.56. The molecule has 12 heteroatoms. The van der Waals surface area contributed by atoms with Crippen molar-refractivity contribution in [1.29, 1.82) is 0 Å². The van der Waals surface area contributed by atoms with E-state index in [1.54, 1.807) is 13.2 Å². The van der Waals surface area contributed by atoms with Gasteiger partial charge in [0, 0.05) is 10.6 Å². The quantitative estimate of drug-likeness (QED) is 0.234. The number of amides is 1. The number of benzene rings is 2. The molecule has 4 rings (SSSR count). The van der Waals surface area contributed by atoms with E-state index in [1.807, 2.05) is 48.5 Å². The molecule has 2 aromatic carbocycles. The van der Waals surface area contributed by atoms with Crippen LogP contribution in [-0.2, 0) is 5.75 Å². The molecule has 4 aromatic rings. The summed E-state index contributed by atoms with van der Waals surface area (Å²) in [5.41, 5.74) is 9.58. The third kappa shape index (κ3) is 4.75. The van der Waals surface area contributed by atoms with Gasteiger partial charge in [0.1, 0.15) is 5.75 Å². The minimum absolute atomic E-state index is 0.0314. The molecule has 0 bridgehead atoms. The molecule has 0 spiro atoms. The Morgan fingerprint density at radius 3 is 2.84 bits per heavy atom. The zero-order chi connectivity index (χ0) is 22.3. The normalized spacial score (nSPS) is 11.0. The Kier molecular flexibility index (Phi) is 6.41. The summed E-state index contributed by atoms with van der Waals surface area (Å²) >= 11 is 1.50. The standard InChI is InChI=1S/C20H18N8O3S/c1-30-14-7-5-6-13(10-14)11-22-24-20(29)17-16(12-32-15-8-3-2-4-9-15)28(27-23-17)19-18(21)25-31-26-19/h2-11H,12H2,1H3,(H2,21,25)(H,24,29)/b22-11-. The maximum atomic E-state index is 12.8. The van der Waals surface area contributed by atoms with Crippen LogP contribution in [0.4, 0.5) is 5.82 Å². The second-order valence-corrected chi connectivity index (χ2v) is 7.40. The number of hydrogen-bond donors (Lipinski definition) is 2. The number of nitrogens with two attached hydrogens (primary N) is 1. The van der Waals surface area contributed by atoms with E-state index in [0.717, 1.165) is 10.5 Å². The zero-order valence-corrected chi connectivity index (χ0v) is 17.7. The highest BCUT2D eigenvalue weighted by molar-refractivity contribution is 7.98. The van der Waals surface area contributed by atoms with Gasteiger partial charge in [-0.05, 0) is 40.1 Å². The Hall–Kier alpha value is -4.19. The third-order valence-corrected chi connectivity index (χ3v) is 5.29. The topological polar surface area (TPSA) is 146 Å². The summed E-state index contributed by atoms with van der Waals surface area (Å²) in [5, 5.41) is 19.4. The van der Waals surface area contributed by atoms with Crippen molar-refractivity contribution in [2.24, 2.45) is 5.10 Å². The van der Waals surface area contributed by atoms with E-state index in [1.165, 1.54) is 22.7 Å². The summed E-state index contributed by atoms with van der Waals surface area (Å²) in [7, 11) is 1.58. The molecular weight excluding hydrogens is 432 g/mol. The highest BCUT2D eigenvalue weighted by Crippen LogP contribution is 2.25. The van der Waals surface area contributed by atoms with E-state index < -0.39 is 5.91 Å². The minimum atomic E-state index is -0.533. The van der Waals surface area contributed by atoms with Crippen LogP contribution in [0.5, 0.6) is 5.75 Å². The molecule has 32 heavy (non-hydrogen) atoms. The molecule has 0 saturated heterocycles. The van der Waals surface area contributed by atoms with Crippen molar-refractivity contribution < 1.29 is 14.2 Å². The van der Waals surface area contributed by atoms with Crippen molar-refractivity contribution in [1.82, 2.24) is 30.7 Å². The number of anilines is 1. The van der Waals surface area contributed by atoms with Gasteiger partial charge in [-0.1, -0.05) is 35.5 Å². The lowest BCUT2D eigenvalue weighted by atomic mass is 10.2. The van der Waals surface area contributed by atoms with Gasteiger partial charge in [0.25, 0.3) is 5.91 Å². The van der Waals surface area contributed by atoms with Crippen molar-refractivity contribution in [3.8, 4) is 11.6 Å². The second kappa shape index (κ2) is 9.75. The second-order valence-electron chi connectivity index (χ2n) is 6.35. The molecule has 0 atom stereocenters. The van der Waals surface area contributed by atoms with Crippen LogP contribution >= 0.6 is 11.8 Å². The summed E-state index contributed by atoms with van der Waals surface area (Å²) < 4.78 is 11.2. The van der Waals surface area contributed by atoms with E-state index in [4.69, 9.17) is 10.5 Å². The van der Waals surface area contributed by atoms with E-state index in [-0.39, 0.29) is 17.3 Å². The Labute approximate surface area is 186 Å². The first-order valence-corrected chi connectivity index (χ1v) is 10.3. The minimum Gasteiger partial charge on any atom is -0.497 e. The number of thioether (sulfide) groups is 1. The van der Waals surface area contributed by atoms with Crippen LogP contribution in [0.25, 0.3) is 5.82 Å². The average Bonchev–Trinajstić information content (AvgIpc) is 3.44. The highest BCUT2D eigenvalue weighted by Gasteiger charge is 2.24. The maximum Gasteiger partial charge on any atom is 0.293 e. The molecule has 0 radical (unpaired) electrons. The number of ether oxygens (including phenoxy) is 1. The van der Waals surface area contributed by atoms with Crippen LogP contribution < -0.4 is 15.9 Å². The van der Waals surface area contributed by atoms with Gasteiger partial charge in [0.15, 0.2) is 5.69 Å². The number of carbonyl (C=O) groups is 1. The highest BCUT2D eigenvalue weighted by atomic mass is 32.2. The number of nitrogens with zero attached hydrogens (tertiary/aromatic N) is 6. The molecule has 0 aliphatic carbocycles. The summed E-state index contributed by atoms with van der Waals surface area (Å²) in [6.07, 6.45) is 1.50. The first-order chi connectivity index (χ1) is 15.7. The molecule has 0 saturated carbocycles. The number of carbonyl (C=O) groups excluding carboxylic acids is 1. The lowest BCUT2D eigenvalue weighted by Crippen LogP contribution is -2.20. The SMILES string of the molecule is COc1cccc(/C=N\NC(=O)c2nnn(-c3nonc3N)c2CSc2ccccc2)c1. The fourth-order valence-corrected chi connectivity index (χ4v) is 3.64. The first kappa shape index (κ1) is 21.1. The summed E-state index contributed by atoms with van der Waals surface area (Å²) in [6, 6.07) is 17.0. The molecule has 0 fully saturated rings. The van der Waals surface area contributed by atoms with E-state index in [2.05, 4.69) is 35.8 Å². The lowest BCUT2D eigenvalue weighted by molar-refractivity contribution is 0.0949. The monoisotopic (exact) mass is 450 g/mol.